The second-order valence-corrected chi connectivity index (χ2v) is 6.83. The second kappa shape index (κ2) is 9.37. The van der Waals surface area contributed by atoms with Crippen molar-refractivity contribution in [3.63, 3.8) is 0 Å². The largest absolute Gasteiger partial charge is 0.389 e. The smallest absolute Gasteiger partial charge is 0.159 e. The van der Waals surface area contributed by atoms with Gasteiger partial charge in [-0.05, 0) is 30.2 Å². The van der Waals surface area contributed by atoms with E-state index in [0.717, 1.165) is 11.6 Å². The van der Waals surface area contributed by atoms with Crippen LogP contribution < -0.4 is 0 Å². The fraction of sp³-hybridized carbons (Fsp3) is 0.429. The Morgan fingerprint density at radius 1 is 1.19 bits per heavy atom. The summed E-state index contributed by atoms with van der Waals surface area (Å²) in [5.74, 6) is -1.75. The molecule has 3 rings (SSSR count). The molecule has 27 heavy (non-hydrogen) atoms. The van der Waals surface area contributed by atoms with Gasteiger partial charge in [0.25, 0.3) is 0 Å². The van der Waals surface area contributed by atoms with Gasteiger partial charge in [0.05, 0.1) is 31.5 Å². The lowest BCUT2D eigenvalue weighted by molar-refractivity contribution is -0.0594. The van der Waals surface area contributed by atoms with Crippen LogP contribution in [-0.4, -0.2) is 49.0 Å². The Bertz CT molecular complexity index is 729. The van der Waals surface area contributed by atoms with Crippen LogP contribution in [0.5, 0.6) is 0 Å². The van der Waals surface area contributed by atoms with Crippen molar-refractivity contribution in [2.45, 2.75) is 25.2 Å². The number of aliphatic hydroxyl groups excluding tert-OH is 1. The molecule has 0 aliphatic carbocycles. The minimum absolute atomic E-state index is 0.0968. The molecule has 6 heteroatoms. The van der Waals surface area contributed by atoms with E-state index in [4.69, 9.17) is 9.47 Å². The van der Waals surface area contributed by atoms with Gasteiger partial charge in [0.1, 0.15) is 0 Å². The maximum atomic E-state index is 13.5. The molecule has 0 spiro atoms. The number of hydrogen-bond donors (Lipinski definition) is 1. The average Bonchev–Trinajstić information content (AvgIpc) is 2.69. The zero-order valence-electron chi connectivity index (χ0n) is 15.4. The highest BCUT2D eigenvalue weighted by Gasteiger charge is 2.24. The van der Waals surface area contributed by atoms with E-state index in [9.17, 15) is 13.9 Å². The van der Waals surface area contributed by atoms with Crippen LogP contribution in [0.4, 0.5) is 8.78 Å². The Morgan fingerprint density at radius 3 is 2.70 bits per heavy atom. The van der Waals surface area contributed by atoms with Crippen molar-refractivity contribution < 1.29 is 23.4 Å². The van der Waals surface area contributed by atoms with Gasteiger partial charge in [-0.15, -0.1) is 0 Å². The SMILES string of the molecule is CC(OCC(O)CN1CCOC(c2ccc(F)c(F)c2)C1)c1ccccc1. The summed E-state index contributed by atoms with van der Waals surface area (Å²) in [5.41, 5.74) is 1.66. The van der Waals surface area contributed by atoms with Crippen molar-refractivity contribution in [2.24, 2.45) is 0 Å². The van der Waals surface area contributed by atoms with Crippen molar-refractivity contribution in [1.82, 2.24) is 4.90 Å². The van der Waals surface area contributed by atoms with E-state index in [1.54, 1.807) is 0 Å². The third-order valence-electron chi connectivity index (χ3n) is 4.74. The average molecular weight is 377 g/mol. The lowest BCUT2D eigenvalue weighted by atomic mass is 10.1. The molecular formula is C21H25F2NO3. The summed E-state index contributed by atoms with van der Waals surface area (Å²) in [5, 5.41) is 10.3. The normalized spacial score (nSPS) is 20.4. The second-order valence-electron chi connectivity index (χ2n) is 6.83. The number of halogens is 2. The molecule has 0 amide bonds. The molecule has 2 aromatic carbocycles. The van der Waals surface area contributed by atoms with E-state index in [1.165, 1.54) is 12.1 Å². The van der Waals surface area contributed by atoms with Crippen molar-refractivity contribution in [3.8, 4) is 0 Å². The summed E-state index contributed by atoms with van der Waals surface area (Å²) < 4.78 is 38.0. The van der Waals surface area contributed by atoms with Gasteiger partial charge in [-0.2, -0.15) is 0 Å². The molecule has 4 nitrogen and oxygen atoms in total. The third kappa shape index (κ3) is 5.56. The van der Waals surface area contributed by atoms with Gasteiger partial charge in [-0.1, -0.05) is 36.4 Å². The van der Waals surface area contributed by atoms with E-state index in [1.807, 2.05) is 37.3 Å². The lowest BCUT2D eigenvalue weighted by Gasteiger charge is -2.34. The number of ether oxygens (including phenoxy) is 2. The predicted octanol–water partition coefficient (Wildman–Crippen LogP) is 3.48. The highest BCUT2D eigenvalue weighted by Crippen LogP contribution is 2.24. The quantitative estimate of drug-likeness (QED) is 0.802. The molecule has 1 fully saturated rings. The molecule has 1 N–H and O–H groups in total. The fourth-order valence-electron chi connectivity index (χ4n) is 3.21. The first-order chi connectivity index (χ1) is 13.0. The summed E-state index contributed by atoms with van der Waals surface area (Å²) in [6.45, 7) is 4.27. The number of nitrogens with zero attached hydrogens (tertiary/aromatic N) is 1. The molecular weight excluding hydrogens is 352 g/mol. The lowest BCUT2D eigenvalue weighted by Crippen LogP contribution is -2.43. The van der Waals surface area contributed by atoms with Gasteiger partial charge in [-0.3, -0.25) is 4.90 Å². The van der Waals surface area contributed by atoms with Gasteiger partial charge < -0.3 is 14.6 Å². The third-order valence-corrected chi connectivity index (χ3v) is 4.74. The molecule has 0 saturated carbocycles. The van der Waals surface area contributed by atoms with E-state index >= 15 is 0 Å². The van der Waals surface area contributed by atoms with Crippen LogP contribution in [-0.2, 0) is 9.47 Å². The molecule has 1 heterocycles. The Kier molecular flexibility index (Phi) is 6.90. The number of β-amino-alcohol motifs (C(OH)–C–C–N with tert-alkyl or cyclic N) is 1. The molecule has 2 aromatic rings. The minimum Gasteiger partial charge on any atom is -0.389 e. The molecule has 0 bridgehead atoms. The number of aliphatic hydroxyl groups is 1. The van der Waals surface area contributed by atoms with E-state index in [-0.39, 0.29) is 18.8 Å². The van der Waals surface area contributed by atoms with Gasteiger partial charge in [0.2, 0.25) is 0 Å². The molecule has 3 unspecified atom stereocenters. The number of hydrogen-bond acceptors (Lipinski definition) is 4. The van der Waals surface area contributed by atoms with Crippen LogP contribution in [0, 0.1) is 11.6 Å². The Morgan fingerprint density at radius 2 is 1.96 bits per heavy atom. The van der Waals surface area contributed by atoms with Crippen molar-refractivity contribution in [1.29, 1.82) is 0 Å². The van der Waals surface area contributed by atoms with Crippen molar-refractivity contribution >= 4 is 0 Å². The van der Waals surface area contributed by atoms with Crippen LogP contribution in [0.1, 0.15) is 30.3 Å². The molecule has 1 aliphatic rings. The van der Waals surface area contributed by atoms with Gasteiger partial charge in [0.15, 0.2) is 11.6 Å². The summed E-state index contributed by atoms with van der Waals surface area (Å²) in [7, 11) is 0. The van der Waals surface area contributed by atoms with E-state index < -0.39 is 17.7 Å². The Labute approximate surface area is 158 Å². The van der Waals surface area contributed by atoms with Crippen LogP contribution in [0.3, 0.4) is 0 Å². The summed E-state index contributed by atoms with van der Waals surface area (Å²) >= 11 is 0. The van der Waals surface area contributed by atoms with Gasteiger partial charge >= 0.3 is 0 Å². The standard InChI is InChI=1S/C21H25F2NO3/c1-15(16-5-3-2-4-6-16)27-14-18(25)12-24-9-10-26-21(13-24)17-7-8-19(22)20(23)11-17/h2-8,11,15,18,21,25H,9-10,12-14H2,1H3. The Hall–Kier alpha value is -1.86. The zero-order chi connectivity index (χ0) is 19.2. The van der Waals surface area contributed by atoms with Crippen molar-refractivity contribution in [2.75, 3.05) is 32.8 Å². The van der Waals surface area contributed by atoms with E-state index in [0.29, 0.717) is 31.8 Å². The highest BCUT2D eigenvalue weighted by atomic mass is 19.2. The first-order valence-electron chi connectivity index (χ1n) is 9.16. The number of morpholine rings is 1. The molecule has 1 aliphatic heterocycles. The maximum absolute atomic E-state index is 13.5. The fourth-order valence-corrected chi connectivity index (χ4v) is 3.21. The van der Waals surface area contributed by atoms with Crippen molar-refractivity contribution in [3.05, 3.63) is 71.3 Å². The Balaban J connectivity index is 1.49. The van der Waals surface area contributed by atoms with Crippen LogP contribution >= 0.6 is 0 Å². The molecule has 3 atom stereocenters. The first kappa shape index (κ1) is 19.9. The summed E-state index contributed by atoms with van der Waals surface area (Å²) in [4.78, 5) is 2.05. The van der Waals surface area contributed by atoms with Crippen LogP contribution in [0.15, 0.2) is 48.5 Å². The first-order valence-corrected chi connectivity index (χ1v) is 9.16. The topological polar surface area (TPSA) is 41.9 Å². The number of benzene rings is 2. The molecule has 146 valence electrons. The zero-order valence-corrected chi connectivity index (χ0v) is 15.4. The molecule has 0 radical (unpaired) electrons. The van der Waals surface area contributed by atoms with Gasteiger partial charge in [-0.25, -0.2) is 8.78 Å². The highest BCUT2D eigenvalue weighted by molar-refractivity contribution is 5.21. The molecule has 0 aromatic heterocycles. The maximum Gasteiger partial charge on any atom is 0.159 e. The molecule has 1 saturated heterocycles. The monoisotopic (exact) mass is 377 g/mol. The minimum atomic E-state index is -0.878. The van der Waals surface area contributed by atoms with E-state index in [2.05, 4.69) is 4.90 Å². The van der Waals surface area contributed by atoms with Crippen LogP contribution in [0.2, 0.25) is 0 Å². The van der Waals surface area contributed by atoms with Gasteiger partial charge in [0, 0.05) is 19.6 Å². The summed E-state index contributed by atoms with van der Waals surface area (Å²) in [6, 6.07) is 13.7. The van der Waals surface area contributed by atoms with Crippen LogP contribution in [0.25, 0.3) is 0 Å². The summed E-state index contributed by atoms with van der Waals surface area (Å²) in [6.07, 6.45) is -1.08. The number of rotatable bonds is 7. The predicted molar refractivity (Wildman–Crippen MR) is 98.3 cm³/mol.